The van der Waals surface area contributed by atoms with Crippen LogP contribution < -0.4 is 10.5 Å². The van der Waals surface area contributed by atoms with Gasteiger partial charge in [0, 0.05) is 31.4 Å². The molecule has 0 unspecified atom stereocenters. The number of hydrogen-bond donors (Lipinski definition) is 1. The summed E-state index contributed by atoms with van der Waals surface area (Å²) in [6, 6.07) is 0. The number of Topliss-reactive ketones (excluding diaryl/α,β-unsaturated/α-hetero) is 1. The average molecular weight is 221 g/mol. The summed E-state index contributed by atoms with van der Waals surface area (Å²) in [7, 11) is 0. The van der Waals surface area contributed by atoms with Crippen molar-refractivity contribution in [2.45, 2.75) is 19.8 Å². The molecule has 0 aliphatic carbocycles. The monoisotopic (exact) mass is 221 g/mol. The zero-order valence-electron chi connectivity index (χ0n) is 9.27. The Labute approximate surface area is 93.5 Å². The molecule has 0 radical (unpaired) electrons. The molecule has 0 spiro atoms. The topological polar surface area (TPSA) is 66.1 Å². The minimum absolute atomic E-state index is 0.152. The summed E-state index contributed by atoms with van der Waals surface area (Å²) >= 11 is 0. The standard InChI is InChI=1S/C11H15N3O2/c1-8(15)9-2-6-14(7-3-9)10-11(16)13-5-4-12-10/h4-5,9H,2-3,6-7H2,1H3,(H,13,16). The van der Waals surface area contributed by atoms with Gasteiger partial charge in [0.2, 0.25) is 0 Å². The summed E-state index contributed by atoms with van der Waals surface area (Å²) in [4.78, 5) is 31.3. The molecule has 5 heteroatoms. The largest absolute Gasteiger partial charge is 0.352 e. The van der Waals surface area contributed by atoms with Gasteiger partial charge in [0.05, 0.1) is 0 Å². The van der Waals surface area contributed by atoms with Crippen LogP contribution >= 0.6 is 0 Å². The summed E-state index contributed by atoms with van der Waals surface area (Å²) in [6.45, 7) is 3.09. The summed E-state index contributed by atoms with van der Waals surface area (Å²) in [6.07, 6.45) is 4.72. The zero-order chi connectivity index (χ0) is 11.5. The number of aromatic nitrogens is 2. The summed E-state index contributed by atoms with van der Waals surface area (Å²) in [5, 5.41) is 0. The van der Waals surface area contributed by atoms with Crippen LogP contribution in [-0.2, 0) is 4.79 Å². The molecule has 1 aromatic rings. The Kier molecular flexibility index (Phi) is 3.03. The second-order valence-electron chi connectivity index (χ2n) is 4.11. The lowest BCUT2D eigenvalue weighted by molar-refractivity contribution is -0.121. The van der Waals surface area contributed by atoms with E-state index < -0.39 is 0 Å². The predicted molar refractivity (Wildman–Crippen MR) is 60.5 cm³/mol. The highest BCUT2D eigenvalue weighted by molar-refractivity contribution is 5.78. The fourth-order valence-corrected chi connectivity index (χ4v) is 2.07. The highest BCUT2D eigenvalue weighted by Crippen LogP contribution is 2.19. The smallest absolute Gasteiger partial charge is 0.290 e. The van der Waals surface area contributed by atoms with Gasteiger partial charge in [0.15, 0.2) is 5.82 Å². The highest BCUT2D eigenvalue weighted by atomic mass is 16.1. The van der Waals surface area contributed by atoms with Crippen LogP contribution in [0.2, 0.25) is 0 Å². The number of nitrogens with one attached hydrogen (secondary N) is 1. The molecule has 1 saturated heterocycles. The number of ketones is 1. The van der Waals surface area contributed by atoms with Crippen molar-refractivity contribution in [3.05, 3.63) is 22.7 Å². The molecule has 0 saturated carbocycles. The van der Waals surface area contributed by atoms with Gasteiger partial charge >= 0.3 is 0 Å². The molecule has 16 heavy (non-hydrogen) atoms. The third kappa shape index (κ3) is 2.13. The third-order valence-electron chi connectivity index (χ3n) is 3.06. The maximum absolute atomic E-state index is 11.5. The van der Waals surface area contributed by atoms with Gasteiger partial charge < -0.3 is 9.88 Å². The van der Waals surface area contributed by atoms with Crippen LogP contribution in [0.5, 0.6) is 0 Å². The number of rotatable bonds is 2. The predicted octanol–water partition coefficient (Wildman–Crippen LogP) is 0.575. The molecule has 1 N–H and O–H groups in total. The SMILES string of the molecule is CC(=O)C1CCN(c2ncc[nH]c2=O)CC1. The molecule has 86 valence electrons. The molecule has 1 aromatic heterocycles. The summed E-state index contributed by atoms with van der Waals surface area (Å²) in [5.41, 5.74) is -0.163. The summed E-state index contributed by atoms with van der Waals surface area (Å²) < 4.78 is 0. The van der Waals surface area contributed by atoms with Gasteiger partial charge in [-0.2, -0.15) is 0 Å². The number of carbonyl (C=O) groups excluding carboxylic acids is 1. The lowest BCUT2D eigenvalue weighted by Crippen LogP contribution is -2.39. The van der Waals surface area contributed by atoms with Crippen molar-refractivity contribution in [1.82, 2.24) is 9.97 Å². The second kappa shape index (κ2) is 4.47. The molecule has 0 bridgehead atoms. The normalized spacial score (nSPS) is 17.4. The van der Waals surface area contributed by atoms with Crippen LogP contribution in [0.25, 0.3) is 0 Å². The van der Waals surface area contributed by atoms with Crippen molar-refractivity contribution >= 4 is 11.6 Å². The maximum Gasteiger partial charge on any atom is 0.290 e. The van der Waals surface area contributed by atoms with E-state index >= 15 is 0 Å². The first kappa shape index (κ1) is 10.9. The van der Waals surface area contributed by atoms with Crippen LogP contribution in [0.3, 0.4) is 0 Å². The molecule has 1 aliphatic heterocycles. The van der Waals surface area contributed by atoms with E-state index in [1.165, 1.54) is 6.20 Å². The zero-order valence-corrected chi connectivity index (χ0v) is 9.27. The minimum Gasteiger partial charge on any atom is -0.352 e. The number of hydrogen-bond acceptors (Lipinski definition) is 4. The van der Waals surface area contributed by atoms with E-state index in [2.05, 4.69) is 9.97 Å². The first-order chi connectivity index (χ1) is 7.68. The van der Waals surface area contributed by atoms with E-state index in [0.29, 0.717) is 5.82 Å². The molecule has 2 heterocycles. The average Bonchev–Trinajstić information content (AvgIpc) is 2.30. The van der Waals surface area contributed by atoms with E-state index in [4.69, 9.17) is 0 Å². The van der Waals surface area contributed by atoms with E-state index in [9.17, 15) is 9.59 Å². The van der Waals surface area contributed by atoms with Crippen molar-refractivity contribution in [1.29, 1.82) is 0 Å². The number of anilines is 1. The van der Waals surface area contributed by atoms with Crippen molar-refractivity contribution in [2.75, 3.05) is 18.0 Å². The Morgan fingerprint density at radius 1 is 1.50 bits per heavy atom. The van der Waals surface area contributed by atoms with Crippen molar-refractivity contribution in [2.24, 2.45) is 5.92 Å². The fourth-order valence-electron chi connectivity index (χ4n) is 2.07. The lowest BCUT2D eigenvalue weighted by Gasteiger charge is -2.30. The van der Waals surface area contributed by atoms with Crippen molar-refractivity contribution in [3.63, 3.8) is 0 Å². The number of carbonyl (C=O) groups is 1. The third-order valence-corrected chi connectivity index (χ3v) is 3.06. The lowest BCUT2D eigenvalue weighted by atomic mass is 9.93. The van der Waals surface area contributed by atoms with Gasteiger partial charge in [-0.3, -0.25) is 9.59 Å². The van der Waals surface area contributed by atoms with Crippen molar-refractivity contribution < 1.29 is 4.79 Å². The molecule has 5 nitrogen and oxygen atoms in total. The number of H-pyrrole nitrogens is 1. The Morgan fingerprint density at radius 2 is 2.19 bits per heavy atom. The summed E-state index contributed by atoms with van der Waals surface area (Å²) in [5.74, 6) is 0.859. The number of aromatic amines is 1. The molecule has 1 aliphatic rings. The van der Waals surface area contributed by atoms with Crippen LogP contribution in [0.4, 0.5) is 5.82 Å². The Balaban J connectivity index is 2.08. The number of nitrogens with zero attached hydrogens (tertiary/aromatic N) is 2. The quantitative estimate of drug-likeness (QED) is 0.793. The Hall–Kier alpha value is -1.65. The van der Waals surface area contributed by atoms with Crippen LogP contribution in [-0.4, -0.2) is 28.8 Å². The Bertz CT molecular complexity index is 433. The number of piperidine rings is 1. The molecule has 2 rings (SSSR count). The molecular formula is C11H15N3O2. The molecule has 1 fully saturated rings. The van der Waals surface area contributed by atoms with E-state index in [1.807, 2.05) is 4.90 Å². The molecule has 0 aromatic carbocycles. The minimum atomic E-state index is -0.163. The van der Waals surface area contributed by atoms with Crippen LogP contribution in [0, 0.1) is 5.92 Å². The highest BCUT2D eigenvalue weighted by Gasteiger charge is 2.24. The van der Waals surface area contributed by atoms with Gasteiger partial charge in [-0.25, -0.2) is 4.98 Å². The second-order valence-corrected chi connectivity index (χ2v) is 4.11. The van der Waals surface area contributed by atoms with Crippen molar-refractivity contribution in [3.8, 4) is 0 Å². The van der Waals surface area contributed by atoms with Crippen LogP contribution in [0.1, 0.15) is 19.8 Å². The van der Waals surface area contributed by atoms with Crippen LogP contribution in [0.15, 0.2) is 17.2 Å². The molecule has 0 atom stereocenters. The first-order valence-electron chi connectivity index (χ1n) is 5.47. The van der Waals surface area contributed by atoms with Gasteiger partial charge in [-0.1, -0.05) is 0 Å². The fraction of sp³-hybridized carbons (Fsp3) is 0.545. The molecule has 0 amide bonds. The first-order valence-corrected chi connectivity index (χ1v) is 5.47. The molecular weight excluding hydrogens is 206 g/mol. The van der Waals surface area contributed by atoms with E-state index in [0.717, 1.165) is 25.9 Å². The van der Waals surface area contributed by atoms with Gasteiger partial charge in [-0.05, 0) is 19.8 Å². The van der Waals surface area contributed by atoms with E-state index in [-0.39, 0.29) is 17.3 Å². The van der Waals surface area contributed by atoms with E-state index in [1.54, 1.807) is 13.1 Å². The van der Waals surface area contributed by atoms with Gasteiger partial charge in [-0.15, -0.1) is 0 Å². The van der Waals surface area contributed by atoms with Gasteiger partial charge in [0.1, 0.15) is 5.78 Å². The Morgan fingerprint density at radius 3 is 2.75 bits per heavy atom. The maximum atomic E-state index is 11.5. The van der Waals surface area contributed by atoms with Gasteiger partial charge in [0.25, 0.3) is 5.56 Å².